The van der Waals surface area contributed by atoms with Crippen molar-refractivity contribution in [1.82, 2.24) is 0 Å². The van der Waals surface area contributed by atoms with Gasteiger partial charge in [0.05, 0.1) is 30.1 Å². The molecule has 2 saturated carbocycles. The molecule has 0 aromatic heterocycles. The average molecular weight is 719 g/mol. The lowest BCUT2D eigenvalue weighted by molar-refractivity contribution is -0.258. The van der Waals surface area contributed by atoms with E-state index in [1.165, 1.54) is 31.9 Å². The fraction of sp³-hybridized carbons (Fsp3) is 0.850. The molecular weight excluding hydrogens is 656 g/mol. The first-order chi connectivity index (χ1) is 23.4. The third-order valence-corrected chi connectivity index (χ3v) is 14.3. The molecule has 0 bridgehead atoms. The van der Waals surface area contributed by atoms with Crippen molar-refractivity contribution in [1.29, 1.82) is 0 Å². The van der Waals surface area contributed by atoms with Gasteiger partial charge in [0.2, 0.25) is 6.29 Å². The first-order valence-corrected chi connectivity index (χ1v) is 18.9. The summed E-state index contributed by atoms with van der Waals surface area (Å²) in [5, 5.41) is 30.6. The summed E-state index contributed by atoms with van der Waals surface area (Å²) < 4.78 is 24.2. The Morgan fingerprint density at radius 1 is 0.824 bits per heavy atom. The van der Waals surface area contributed by atoms with Crippen LogP contribution in [0, 0.1) is 39.4 Å². The second-order valence-corrected chi connectivity index (χ2v) is 18.7. The van der Waals surface area contributed by atoms with Crippen LogP contribution >= 0.6 is 0 Å². The van der Waals surface area contributed by atoms with Gasteiger partial charge in [-0.1, -0.05) is 45.8 Å². The van der Waals surface area contributed by atoms with Crippen molar-refractivity contribution in [2.75, 3.05) is 0 Å². The summed E-state index contributed by atoms with van der Waals surface area (Å²) in [4.78, 5) is 49.3. The number of hydrogen-bond donors (Lipinski definition) is 3. The minimum absolute atomic E-state index is 0.00799. The third-order valence-electron chi connectivity index (χ3n) is 14.3. The molecule has 1 heterocycles. The van der Waals surface area contributed by atoms with Crippen molar-refractivity contribution in [2.45, 2.75) is 176 Å². The maximum atomic E-state index is 13.3. The summed E-state index contributed by atoms with van der Waals surface area (Å²) in [6, 6.07) is 0. The first kappa shape index (κ1) is 39.7. The Hall–Kier alpha value is -2.50. The zero-order valence-electron chi connectivity index (χ0n) is 32.4. The number of esters is 3. The van der Waals surface area contributed by atoms with Gasteiger partial charge < -0.3 is 34.3 Å². The van der Waals surface area contributed by atoms with Gasteiger partial charge in [-0.05, 0) is 107 Å². The van der Waals surface area contributed by atoms with Crippen LogP contribution in [-0.2, 0) is 38.1 Å². The Bertz CT molecular complexity index is 1440. The van der Waals surface area contributed by atoms with E-state index < -0.39 is 72.0 Å². The van der Waals surface area contributed by atoms with E-state index in [0.29, 0.717) is 12.8 Å². The Morgan fingerprint density at radius 3 is 2.06 bits per heavy atom. The molecule has 11 atom stereocenters. The van der Waals surface area contributed by atoms with E-state index in [4.69, 9.17) is 18.9 Å². The normalized spacial score (nSPS) is 40.2. The number of hydrogen-bond acceptors (Lipinski definition) is 10. The summed E-state index contributed by atoms with van der Waals surface area (Å²) in [6.45, 7) is 18.8. The van der Waals surface area contributed by atoms with Crippen LogP contribution < -0.4 is 0 Å². The SMILES string of the molecule is CC(=O)OC1O[C@@H](C(C)(C)O)CC[C@@H]1[C@H]1CC[C@@]2(C)C3=C(CC[C@]12C)[C@@]1(C)C[C@@H](OC(=O)CC(C)(O)CC(=O)O)[C@H](OC(C)=O)C(C)(C)[C@@H]1CC3. The van der Waals surface area contributed by atoms with Gasteiger partial charge in [0.15, 0.2) is 0 Å². The first-order valence-electron chi connectivity index (χ1n) is 18.9. The van der Waals surface area contributed by atoms with Crippen LogP contribution in [0.2, 0.25) is 0 Å². The third kappa shape index (κ3) is 7.12. The van der Waals surface area contributed by atoms with Crippen LogP contribution in [0.5, 0.6) is 0 Å². The minimum atomic E-state index is -1.79. The minimum Gasteiger partial charge on any atom is -0.481 e. The average Bonchev–Trinajstić information content (AvgIpc) is 3.24. The van der Waals surface area contributed by atoms with Crippen molar-refractivity contribution in [3.05, 3.63) is 11.1 Å². The van der Waals surface area contributed by atoms with Crippen LogP contribution in [0.4, 0.5) is 0 Å². The molecule has 0 spiro atoms. The number of aliphatic hydroxyl groups is 2. The molecule has 5 rings (SSSR count). The second-order valence-electron chi connectivity index (χ2n) is 18.7. The molecule has 2 unspecified atom stereocenters. The molecule has 11 heteroatoms. The summed E-state index contributed by atoms with van der Waals surface area (Å²) in [5.74, 6) is -2.40. The largest absolute Gasteiger partial charge is 0.481 e. The van der Waals surface area contributed by atoms with Gasteiger partial charge in [-0.2, -0.15) is 0 Å². The fourth-order valence-corrected chi connectivity index (χ4v) is 11.9. The van der Waals surface area contributed by atoms with E-state index in [1.54, 1.807) is 13.8 Å². The molecule has 11 nitrogen and oxygen atoms in total. The molecule has 0 amide bonds. The predicted molar refractivity (Wildman–Crippen MR) is 187 cm³/mol. The highest BCUT2D eigenvalue weighted by molar-refractivity contribution is 5.74. The Kier molecular flexibility index (Phi) is 10.4. The Morgan fingerprint density at radius 2 is 1.47 bits per heavy atom. The molecular formula is C40H62O11. The van der Waals surface area contributed by atoms with Crippen molar-refractivity contribution in [3.63, 3.8) is 0 Å². The van der Waals surface area contributed by atoms with Crippen molar-refractivity contribution in [3.8, 4) is 0 Å². The fourth-order valence-electron chi connectivity index (χ4n) is 11.9. The molecule has 288 valence electrons. The molecule has 51 heavy (non-hydrogen) atoms. The number of carbonyl (C=O) groups is 4. The van der Waals surface area contributed by atoms with E-state index >= 15 is 0 Å². The smallest absolute Gasteiger partial charge is 0.309 e. The molecule has 1 aliphatic heterocycles. The quantitative estimate of drug-likeness (QED) is 0.140. The van der Waals surface area contributed by atoms with Gasteiger partial charge in [0.25, 0.3) is 0 Å². The highest BCUT2D eigenvalue weighted by atomic mass is 16.7. The highest BCUT2D eigenvalue weighted by Crippen LogP contribution is 2.73. The summed E-state index contributed by atoms with van der Waals surface area (Å²) in [6.07, 6.45) is 3.77. The van der Waals surface area contributed by atoms with E-state index in [9.17, 15) is 34.5 Å². The highest BCUT2D eigenvalue weighted by Gasteiger charge is 2.66. The van der Waals surface area contributed by atoms with Gasteiger partial charge in [0, 0.05) is 25.2 Å². The molecule has 0 radical (unpaired) electrons. The van der Waals surface area contributed by atoms with Crippen molar-refractivity contribution >= 4 is 23.9 Å². The Balaban J connectivity index is 1.48. The summed E-state index contributed by atoms with van der Waals surface area (Å²) in [7, 11) is 0. The molecule has 0 aromatic rings. The van der Waals surface area contributed by atoms with E-state index in [1.807, 2.05) is 0 Å². The summed E-state index contributed by atoms with van der Waals surface area (Å²) in [5.41, 5.74) is -1.08. The van der Waals surface area contributed by atoms with Crippen LogP contribution in [0.1, 0.15) is 140 Å². The van der Waals surface area contributed by atoms with E-state index in [2.05, 4.69) is 34.6 Å². The number of aliphatic carboxylic acids is 1. The number of fused-ring (bicyclic) bond motifs is 4. The maximum Gasteiger partial charge on any atom is 0.309 e. The van der Waals surface area contributed by atoms with Crippen molar-refractivity contribution in [2.24, 2.45) is 39.4 Å². The van der Waals surface area contributed by atoms with E-state index in [-0.39, 0.29) is 40.0 Å². The second kappa shape index (κ2) is 13.4. The molecule has 0 aromatic carbocycles. The van der Waals surface area contributed by atoms with Crippen molar-refractivity contribution < 1.29 is 53.4 Å². The van der Waals surface area contributed by atoms with Crippen LogP contribution in [0.3, 0.4) is 0 Å². The Labute approximate surface area is 303 Å². The standard InChI is InChI=1S/C40H62O11/c1-22(41)48-33-28(50-32(45)21-37(7,47)20-31(43)44)19-38(8)26-16-18-39(9)25(15-17-40(39,10)27(26)12-13-29(38)35(33,3)4)24-11-14-30(36(5,6)46)51-34(24)49-23(2)42/h24-25,28-30,33-34,46-47H,11-21H2,1-10H3,(H,43,44)/t24-,25-,28-,29+,30-,33+,34?,37?,38-,39-,40+/m1/s1. The monoisotopic (exact) mass is 718 g/mol. The lowest BCUT2D eigenvalue weighted by atomic mass is 9.43. The maximum absolute atomic E-state index is 13.3. The molecule has 3 N–H and O–H groups in total. The zero-order chi connectivity index (χ0) is 38.1. The number of carbonyl (C=O) groups excluding carboxylic acids is 3. The number of carboxylic acids is 1. The molecule has 5 aliphatic rings. The van der Waals surface area contributed by atoms with Crippen LogP contribution in [0.15, 0.2) is 11.1 Å². The van der Waals surface area contributed by atoms with Gasteiger partial charge in [0.1, 0.15) is 12.2 Å². The number of ether oxygens (including phenoxy) is 4. The lowest BCUT2D eigenvalue weighted by Gasteiger charge is -2.63. The zero-order valence-corrected chi connectivity index (χ0v) is 32.4. The topological polar surface area (TPSA) is 166 Å². The summed E-state index contributed by atoms with van der Waals surface area (Å²) >= 11 is 0. The van der Waals surface area contributed by atoms with E-state index in [0.717, 1.165) is 44.9 Å². The molecule has 3 fully saturated rings. The predicted octanol–water partition coefficient (Wildman–Crippen LogP) is 6.26. The van der Waals surface area contributed by atoms with Gasteiger partial charge in [-0.25, -0.2) is 0 Å². The number of rotatable bonds is 9. The van der Waals surface area contributed by atoms with Gasteiger partial charge in [-0.15, -0.1) is 0 Å². The molecule has 4 aliphatic carbocycles. The number of allylic oxidation sites excluding steroid dienone is 2. The van der Waals surface area contributed by atoms with Crippen LogP contribution in [-0.4, -0.2) is 75.0 Å². The van der Waals surface area contributed by atoms with Crippen LogP contribution in [0.25, 0.3) is 0 Å². The lowest BCUT2D eigenvalue weighted by Crippen LogP contribution is -2.61. The van der Waals surface area contributed by atoms with Gasteiger partial charge >= 0.3 is 23.9 Å². The molecule has 1 saturated heterocycles. The number of carboxylic acid groups (broad SMARTS) is 1. The van der Waals surface area contributed by atoms with Gasteiger partial charge in [-0.3, -0.25) is 19.2 Å².